The van der Waals surface area contributed by atoms with E-state index in [0.717, 1.165) is 0 Å². The number of aromatic nitrogens is 1. The summed E-state index contributed by atoms with van der Waals surface area (Å²) in [6.07, 6.45) is 0. The van der Waals surface area contributed by atoms with Gasteiger partial charge < -0.3 is 16.2 Å². The molecule has 1 heterocycles. The molecule has 4 N–H and O–H groups in total. The van der Waals surface area contributed by atoms with Crippen LogP contribution in [0.5, 0.6) is 11.6 Å². The minimum atomic E-state index is -0.411. The van der Waals surface area contributed by atoms with Gasteiger partial charge in [0.05, 0.1) is 10.2 Å². The zero-order valence-corrected chi connectivity index (χ0v) is 10.2. The maximum Gasteiger partial charge on any atom is 0.221 e. The van der Waals surface area contributed by atoms with Crippen molar-refractivity contribution in [1.82, 2.24) is 4.98 Å². The lowest BCUT2D eigenvalue weighted by molar-refractivity contribution is 0.458. The van der Waals surface area contributed by atoms with Crippen LogP contribution in [0, 0.1) is 5.82 Å². The molecule has 1 aromatic heterocycles. The van der Waals surface area contributed by atoms with Crippen LogP contribution in [0.25, 0.3) is 0 Å². The Balaban J connectivity index is 2.25. The SMILES string of the molecule is Nc1ccc(Oc2ccc(Br)c(F)c2)nc1N. The molecule has 0 spiro atoms. The second kappa shape index (κ2) is 4.58. The summed E-state index contributed by atoms with van der Waals surface area (Å²) in [4.78, 5) is 3.92. The molecule has 88 valence electrons. The Morgan fingerprint density at radius 2 is 1.94 bits per heavy atom. The van der Waals surface area contributed by atoms with Crippen LogP contribution in [0.1, 0.15) is 0 Å². The van der Waals surface area contributed by atoms with E-state index in [0.29, 0.717) is 15.9 Å². The highest BCUT2D eigenvalue weighted by atomic mass is 79.9. The molecule has 0 atom stereocenters. The molecule has 0 aliphatic rings. The van der Waals surface area contributed by atoms with Gasteiger partial charge in [-0.2, -0.15) is 4.98 Å². The number of rotatable bonds is 2. The van der Waals surface area contributed by atoms with Gasteiger partial charge in [0.25, 0.3) is 0 Å². The van der Waals surface area contributed by atoms with Crippen molar-refractivity contribution >= 4 is 27.4 Å². The fourth-order valence-electron chi connectivity index (χ4n) is 1.18. The maximum absolute atomic E-state index is 13.2. The lowest BCUT2D eigenvalue weighted by Crippen LogP contribution is -1.99. The monoisotopic (exact) mass is 297 g/mol. The van der Waals surface area contributed by atoms with Gasteiger partial charge >= 0.3 is 0 Å². The topological polar surface area (TPSA) is 74.2 Å². The third kappa shape index (κ3) is 2.65. The smallest absolute Gasteiger partial charge is 0.221 e. The molecular weight excluding hydrogens is 289 g/mol. The number of anilines is 2. The Morgan fingerprint density at radius 1 is 1.18 bits per heavy atom. The van der Waals surface area contributed by atoms with Crippen molar-refractivity contribution in [3.8, 4) is 11.6 Å². The summed E-state index contributed by atoms with van der Waals surface area (Å²) in [5.74, 6) is 0.367. The summed E-state index contributed by atoms with van der Waals surface area (Å²) in [7, 11) is 0. The average Bonchev–Trinajstić information content (AvgIpc) is 2.29. The van der Waals surface area contributed by atoms with Crippen molar-refractivity contribution in [2.24, 2.45) is 0 Å². The van der Waals surface area contributed by atoms with E-state index in [4.69, 9.17) is 16.2 Å². The van der Waals surface area contributed by atoms with Crippen LogP contribution >= 0.6 is 15.9 Å². The second-order valence-corrected chi connectivity index (χ2v) is 4.16. The Hall–Kier alpha value is -1.82. The molecule has 0 fully saturated rings. The summed E-state index contributed by atoms with van der Waals surface area (Å²) in [5, 5.41) is 0. The Kier molecular flexibility index (Phi) is 3.14. The first-order chi connectivity index (χ1) is 8.06. The van der Waals surface area contributed by atoms with Crippen LogP contribution < -0.4 is 16.2 Å². The number of halogens is 2. The highest BCUT2D eigenvalue weighted by Gasteiger charge is 2.05. The zero-order chi connectivity index (χ0) is 12.4. The van der Waals surface area contributed by atoms with Crippen molar-refractivity contribution in [3.05, 3.63) is 40.6 Å². The minimum absolute atomic E-state index is 0.181. The molecule has 0 aliphatic heterocycles. The highest BCUT2D eigenvalue weighted by molar-refractivity contribution is 9.10. The Morgan fingerprint density at radius 3 is 2.59 bits per heavy atom. The largest absolute Gasteiger partial charge is 0.439 e. The van der Waals surface area contributed by atoms with Crippen LogP contribution in [0.4, 0.5) is 15.9 Å². The van der Waals surface area contributed by atoms with Gasteiger partial charge in [0.1, 0.15) is 11.6 Å². The van der Waals surface area contributed by atoms with Gasteiger partial charge in [-0.25, -0.2) is 4.39 Å². The molecule has 0 bridgehead atoms. The van der Waals surface area contributed by atoms with E-state index in [-0.39, 0.29) is 11.7 Å². The van der Waals surface area contributed by atoms with Crippen molar-refractivity contribution in [2.45, 2.75) is 0 Å². The quantitative estimate of drug-likeness (QED) is 0.894. The average molecular weight is 298 g/mol. The number of nitrogens with two attached hydrogens (primary N) is 2. The van der Waals surface area contributed by atoms with Crippen LogP contribution in [-0.4, -0.2) is 4.98 Å². The molecule has 6 heteroatoms. The maximum atomic E-state index is 13.2. The van der Waals surface area contributed by atoms with Crippen molar-refractivity contribution in [3.63, 3.8) is 0 Å². The predicted molar refractivity (Wildman–Crippen MR) is 67.2 cm³/mol. The zero-order valence-electron chi connectivity index (χ0n) is 8.65. The van der Waals surface area contributed by atoms with Gasteiger partial charge in [0.2, 0.25) is 5.88 Å². The Labute approximate surface area is 106 Å². The number of nitrogens with zero attached hydrogens (tertiary/aromatic N) is 1. The van der Waals surface area contributed by atoms with E-state index in [2.05, 4.69) is 20.9 Å². The fraction of sp³-hybridized carbons (Fsp3) is 0. The number of ether oxygens (including phenoxy) is 1. The van der Waals surface area contributed by atoms with E-state index in [1.807, 2.05) is 0 Å². The fourth-order valence-corrected chi connectivity index (χ4v) is 1.43. The minimum Gasteiger partial charge on any atom is -0.439 e. The molecule has 0 amide bonds. The number of hydrogen-bond donors (Lipinski definition) is 2. The lowest BCUT2D eigenvalue weighted by Gasteiger charge is -2.06. The van der Waals surface area contributed by atoms with Gasteiger partial charge in [0.15, 0.2) is 5.82 Å². The summed E-state index contributed by atoms with van der Waals surface area (Å²) < 4.78 is 18.9. The van der Waals surface area contributed by atoms with Crippen LogP contribution in [0.3, 0.4) is 0 Å². The molecule has 1 aromatic carbocycles. The van der Waals surface area contributed by atoms with Crippen molar-refractivity contribution in [2.75, 3.05) is 11.5 Å². The Bertz CT molecular complexity index is 513. The van der Waals surface area contributed by atoms with Gasteiger partial charge in [0, 0.05) is 12.1 Å². The number of pyridine rings is 1. The normalized spacial score (nSPS) is 10.2. The standard InChI is InChI=1S/C11H9BrFN3O/c12-7-2-1-6(5-8(7)13)17-10-4-3-9(14)11(15)16-10/h1-5H,14H2,(H2,15,16). The number of benzene rings is 1. The predicted octanol–water partition coefficient (Wildman–Crippen LogP) is 2.94. The van der Waals surface area contributed by atoms with E-state index in [1.165, 1.54) is 6.07 Å². The summed E-state index contributed by atoms with van der Waals surface area (Å²) in [6.45, 7) is 0. The van der Waals surface area contributed by atoms with E-state index >= 15 is 0 Å². The van der Waals surface area contributed by atoms with Gasteiger partial charge in [-0.1, -0.05) is 0 Å². The summed E-state index contributed by atoms with van der Waals surface area (Å²) in [6, 6.07) is 7.55. The van der Waals surface area contributed by atoms with Crippen LogP contribution in [0.2, 0.25) is 0 Å². The molecule has 0 saturated carbocycles. The van der Waals surface area contributed by atoms with Gasteiger partial charge in [-0.15, -0.1) is 0 Å². The number of nitrogen functional groups attached to an aromatic ring is 2. The molecule has 0 unspecified atom stereocenters. The molecule has 4 nitrogen and oxygen atoms in total. The highest BCUT2D eigenvalue weighted by Crippen LogP contribution is 2.26. The number of hydrogen-bond acceptors (Lipinski definition) is 4. The van der Waals surface area contributed by atoms with Crippen LogP contribution in [0.15, 0.2) is 34.8 Å². The first kappa shape index (κ1) is 11.7. The molecule has 2 aromatic rings. The summed E-state index contributed by atoms with van der Waals surface area (Å²) >= 11 is 3.05. The molecule has 17 heavy (non-hydrogen) atoms. The summed E-state index contributed by atoms with van der Waals surface area (Å²) in [5.41, 5.74) is 11.4. The van der Waals surface area contributed by atoms with Crippen molar-refractivity contribution < 1.29 is 9.13 Å². The van der Waals surface area contributed by atoms with Gasteiger partial charge in [-0.3, -0.25) is 0 Å². The van der Waals surface area contributed by atoms with Gasteiger partial charge in [-0.05, 0) is 34.1 Å². The van der Waals surface area contributed by atoms with E-state index in [9.17, 15) is 4.39 Å². The molecule has 2 rings (SSSR count). The van der Waals surface area contributed by atoms with E-state index in [1.54, 1.807) is 24.3 Å². The first-order valence-corrected chi connectivity index (χ1v) is 5.50. The molecule has 0 radical (unpaired) electrons. The first-order valence-electron chi connectivity index (χ1n) is 4.71. The lowest BCUT2D eigenvalue weighted by atomic mass is 10.3. The third-order valence-corrected chi connectivity index (χ3v) is 2.69. The van der Waals surface area contributed by atoms with Crippen molar-refractivity contribution in [1.29, 1.82) is 0 Å². The van der Waals surface area contributed by atoms with Crippen LogP contribution in [-0.2, 0) is 0 Å². The molecular formula is C11H9BrFN3O. The molecule has 0 aliphatic carbocycles. The second-order valence-electron chi connectivity index (χ2n) is 3.30. The molecule has 0 saturated heterocycles. The third-order valence-electron chi connectivity index (χ3n) is 2.05. The van der Waals surface area contributed by atoms with E-state index < -0.39 is 5.82 Å².